The maximum absolute atomic E-state index is 14.0. The lowest BCUT2D eigenvalue weighted by molar-refractivity contribution is 0.615. The van der Waals surface area contributed by atoms with Gasteiger partial charge < -0.3 is 4.57 Å². The van der Waals surface area contributed by atoms with Gasteiger partial charge in [0.1, 0.15) is 11.6 Å². The van der Waals surface area contributed by atoms with Crippen molar-refractivity contribution in [2.45, 2.75) is 0 Å². The van der Waals surface area contributed by atoms with Crippen LogP contribution in [0.15, 0.2) is 66.9 Å². The molecule has 0 aliphatic carbocycles. The highest BCUT2D eigenvalue weighted by molar-refractivity contribution is 5.64. The second-order valence-corrected chi connectivity index (χ2v) is 4.20. The third-order valence-electron chi connectivity index (χ3n) is 3.00. The molecule has 0 aliphatic rings. The molecule has 0 atom stereocenters. The average Bonchev–Trinajstić information content (AvgIpc) is 2.82. The molecule has 0 saturated heterocycles. The highest BCUT2D eigenvalue weighted by Gasteiger charge is 2.15. The van der Waals surface area contributed by atoms with Gasteiger partial charge in [-0.15, -0.1) is 0 Å². The summed E-state index contributed by atoms with van der Waals surface area (Å²) in [4.78, 5) is 0. The molecule has 0 fully saturated rings. The van der Waals surface area contributed by atoms with Crippen LogP contribution in [0.4, 0.5) is 8.78 Å². The fraction of sp³-hybridized carbons (Fsp3) is 0. The first-order chi connectivity index (χ1) is 9.27. The lowest BCUT2D eigenvalue weighted by Gasteiger charge is -2.10. The van der Waals surface area contributed by atoms with Gasteiger partial charge in [0.25, 0.3) is 0 Å². The lowest BCUT2D eigenvalue weighted by atomic mass is 10.1. The summed E-state index contributed by atoms with van der Waals surface area (Å²) in [7, 11) is 0. The van der Waals surface area contributed by atoms with Crippen molar-refractivity contribution in [1.29, 1.82) is 0 Å². The summed E-state index contributed by atoms with van der Waals surface area (Å²) in [6.45, 7) is 0. The normalized spacial score (nSPS) is 10.6. The fourth-order valence-electron chi connectivity index (χ4n) is 2.12. The molecule has 0 unspecified atom stereocenters. The van der Waals surface area contributed by atoms with Crippen LogP contribution in [-0.4, -0.2) is 4.57 Å². The largest absolute Gasteiger partial charge is 0.314 e. The molecule has 0 aliphatic heterocycles. The van der Waals surface area contributed by atoms with Gasteiger partial charge in [-0.25, -0.2) is 8.78 Å². The van der Waals surface area contributed by atoms with Crippen molar-refractivity contribution in [3.63, 3.8) is 0 Å². The Morgan fingerprint density at radius 1 is 0.684 bits per heavy atom. The summed E-state index contributed by atoms with van der Waals surface area (Å²) >= 11 is 0. The number of hydrogen-bond acceptors (Lipinski definition) is 0. The molecule has 3 rings (SSSR count). The van der Waals surface area contributed by atoms with Crippen LogP contribution in [0, 0.1) is 11.6 Å². The van der Waals surface area contributed by atoms with E-state index in [0.29, 0.717) is 0 Å². The number of halogens is 2. The first kappa shape index (κ1) is 11.7. The van der Waals surface area contributed by atoms with Crippen LogP contribution in [0.3, 0.4) is 0 Å². The van der Waals surface area contributed by atoms with Crippen LogP contribution in [-0.2, 0) is 0 Å². The second-order valence-electron chi connectivity index (χ2n) is 4.20. The van der Waals surface area contributed by atoms with Gasteiger partial charge in [-0.1, -0.05) is 30.3 Å². The number of benzene rings is 2. The molecule has 1 heterocycles. The van der Waals surface area contributed by atoms with E-state index >= 15 is 0 Å². The van der Waals surface area contributed by atoms with Crippen LogP contribution in [0.2, 0.25) is 0 Å². The third-order valence-corrected chi connectivity index (χ3v) is 3.00. The van der Waals surface area contributed by atoms with Crippen molar-refractivity contribution in [1.82, 2.24) is 4.57 Å². The Labute approximate surface area is 109 Å². The van der Waals surface area contributed by atoms with E-state index in [4.69, 9.17) is 0 Å². The Bertz CT molecular complexity index is 702. The predicted octanol–water partition coefficient (Wildman–Crippen LogP) is 4.42. The van der Waals surface area contributed by atoms with E-state index in [1.165, 1.54) is 12.1 Å². The van der Waals surface area contributed by atoms with Gasteiger partial charge in [0.05, 0.1) is 5.69 Å². The molecular weight excluding hydrogens is 244 g/mol. The Kier molecular flexibility index (Phi) is 2.88. The molecule has 0 amide bonds. The molecule has 1 aromatic heterocycles. The van der Waals surface area contributed by atoms with Gasteiger partial charge in [0, 0.05) is 17.4 Å². The van der Waals surface area contributed by atoms with Crippen molar-refractivity contribution >= 4 is 0 Å². The van der Waals surface area contributed by atoms with Gasteiger partial charge in [-0.05, 0) is 30.3 Å². The summed E-state index contributed by atoms with van der Waals surface area (Å²) in [5, 5.41) is 0. The van der Waals surface area contributed by atoms with E-state index in [-0.39, 0.29) is 11.3 Å². The molecule has 0 radical (unpaired) electrons. The summed E-state index contributed by atoms with van der Waals surface area (Å²) in [5.41, 5.74) is 1.29. The third kappa shape index (κ3) is 2.03. The Balaban J connectivity index is 2.23. The number of rotatable bonds is 2. The minimum Gasteiger partial charge on any atom is -0.314 e. The first-order valence-corrected chi connectivity index (χ1v) is 5.94. The molecule has 1 nitrogen and oxygen atoms in total. The SMILES string of the molecule is Fc1ccccc1-c1c(F)ccn1-c1ccccc1. The number of nitrogens with zero attached hydrogens (tertiary/aromatic N) is 1. The van der Waals surface area contributed by atoms with Gasteiger partial charge >= 0.3 is 0 Å². The van der Waals surface area contributed by atoms with Crippen molar-refractivity contribution in [2.75, 3.05) is 0 Å². The van der Waals surface area contributed by atoms with Crippen molar-refractivity contribution in [3.8, 4) is 16.9 Å². The summed E-state index contributed by atoms with van der Waals surface area (Å²) in [6.07, 6.45) is 1.60. The van der Waals surface area contributed by atoms with Gasteiger partial charge in [-0.3, -0.25) is 0 Å². The monoisotopic (exact) mass is 255 g/mol. The minimum atomic E-state index is -0.436. The van der Waals surface area contributed by atoms with Crippen molar-refractivity contribution < 1.29 is 8.78 Å². The fourth-order valence-corrected chi connectivity index (χ4v) is 2.12. The van der Waals surface area contributed by atoms with Crippen LogP contribution in [0.25, 0.3) is 16.9 Å². The molecule has 0 bridgehead atoms. The quantitative estimate of drug-likeness (QED) is 0.638. The summed E-state index contributed by atoms with van der Waals surface area (Å²) in [6, 6.07) is 16.8. The van der Waals surface area contributed by atoms with Crippen molar-refractivity contribution in [2.24, 2.45) is 0 Å². The molecule has 0 spiro atoms. The molecule has 94 valence electrons. The second kappa shape index (κ2) is 4.69. The lowest BCUT2D eigenvalue weighted by Crippen LogP contribution is -1.97. The zero-order chi connectivity index (χ0) is 13.2. The van der Waals surface area contributed by atoms with E-state index in [1.807, 2.05) is 30.3 Å². The van der Waals surface area contributed by atoms with Gasteiger partial charge in [0.15, 0.2) is 0 Å². The van der Waals surface area contributed by atoms with E-state index < -0.39 is 11.6 Å². The molecule has 0 saturated carbocycles. The Morgan fingerprint density at radius 3 is 2.11 bits per heavy atom. The van der Waals surface area contributed by atoms with Gasteiger partial charge in [0.2, 0.25) is 0 Å². The Morgan fingerprint density at radius 2 is 1.37 bits per heavy atom. The molecular formula is C16H11F2N. The Hall–Kier alpha value is -2.42. The summed E-state index contributed by atoms with van der Waals surface area (Å²) in [5.74, 6) is -0.869. The topological polar surface area (TPSA) is 4.93 Å². The predicted molar refractivity (Wildman–Crippen MR) is 71.1 cm³/mol. The van der Waals surface area contributed by atoms with E-state index in [2.05, 4.69) is 0 Å². The smallest absolute Gasteiger partial charge is 0.149 e. The first-order valence-electron chi connectivity index (χ1n) is 5.94. The summed E-state index contributed by atoms with van der Waals surface area (Å²) < 4.78 is 29.5. The van der Waals surface area contributed by atoms with E-state index in [9.17, 15) is 8.78 Å². The maximum Gasteiger partial charge on any atom is 0.149 e. The standard InChI is InChI=1S/C16H11F2N/c17-14-9-5-4-8-13(14)16-15(18)10-11-19(16)12-6-2-1-3-7-12/h1-11H. The molecule has 2 aromatic carbocycles. The minimum absolute atomic E-state index is 0.240. The van der Waals surface area contributed by atoms with Gasteiger partial charge in [-0.2, -0.15) is 0 Å². The molecule has 3 aromatic rings. The number of aromatic nitrogens is 1. The molecule has 3 heteroatoms. The van der Waals surface area contributed by atoms with Crippen LogP contribution >= 0.6 is 0 Å². The average molecular weight is 255 g/mol. The number of para-hydroxylation sites is 1. The molecule has 19 heavy (non-hydrogen) atoms. The van der Waals surface area contributed by atoms with Crippen molar-refractivity contribution in [3.05, 3.63) is 78.5 Å². The van der Waals surface area contributed by atoms with E-state index in [1.54, 1.807) is 29.0 Å². The highest BCUT2D eigenvalue weighted by Crippen LogP contribution is 2.28. The van der Waals surface area contributed by atoms with Crippen LogP contribution < -0.4 is 0 Å². The highest BCUT2D eigenvalue weighted by atomic mass is 19.1. The van der Waals surface area contributed by atoms with E-state index in [0.717, 1.165) is 5.69 Å². The zero-order valence-corrected chi connectivity index (χ0v) is 10.1. The number of hydrogen-bond donors (Lipinski definition) is 0. The molecule has 0 N–H and O–H groups in total. The van der Waals surface area contributed by atoms with Crippen LogP contribution in [0.5, 0.6) is 0 Å². The van der Waals surface area contributed by atoms with Crippen LogP contribution in [0.1, 0.15) is 0 Å². The maximum atomic E-state index is 14.0. The zero-order valence-electron chi connectivity index (χ0n) is 10.1.